The summed E-state index contributed by atoms with van der Waals surface area (Å²) < 4.78 is 30.3. The van der Waals surface area contributed by atoms with E-state index in [2.05, 4.69) is 62.5 Å². The quantitative estimate of drug-likeness (QED) is 0.0212. The number of nitrogens with zero attached hydrogens (tertiary/aromatic N) is 1. The third kappa shape index (κ3) is 54.7. The summed E-state index contributed by atoms with van der Waals surface area (Å²) in [7, 11) is 1.19. The zero-order valence-electron chi connectivity index (χ0n) is 49.6. The van der Waals surface area contributed by atoms with Gasteiger partial charge in [-0.1, -0.05) is 262 Å². The van der Waals surface area contributed by atoms with Crippen LogP contribution in [0.2, 0.25) is 0 Å². The van der Waals surface area contributed by atoms with Crippen molar-refractivity contribution in [2.45, 2.75) is 309 Å². The van der Waals surface area contributed by atoms with Gasteiger partial charge in [-0.2, -0.15) is 0 Å². The molecule has 3 atom stereocenters. The monoisotopic (exact) mass is 1060 g/mol. The molecule has 0 fully saturated rings. The molecule has 0 radical (unpaired) electrons. The molecule has 0 aliphatic carbocycles. The number of unbranched alkanes of at least 4 members (excludes halogenated alkanes) is 35. The molecule has 1 amide bonds. The number of carbonyl (C=O) groups is 2. The molecule has 3 unspecified atom stereocenters. The van der Waals surface area contributed by atoms with Crippen molar-refractivity contribution in [1.29, 1.82) is 0 Å². The number of esters is 1. The summed E-state index contributed by atoms with van der Waals surface area (Å²) in [6, 6.07) is -0.888. The van der Waals surface area contributed by atoms with E-state index >= 15 is 0 Å². The maximum Gasteiger partial charge on any atom is 0.306 e. The minimum Gasteiger partial charge on any atom is -0.756 e. The number of allylic oxidation sites excluding steroid dienone is 7. The van der Waals surface area contributed by atoms with E-state index in [4.69, 9.17) is 13.8 Å². The Morgan fingerprint density at radius 2 is 0.824 bits per heavy atom. The molecule has 0 aliphatic rings. The molecule has 0 heterocycles. The molecule has 0 saturated heterocycles. The average Bonchev–Trinajstić information content (AvgIpc) is 3.36. The van der Waals surface area contributed by atoms with Crippen LogP contribution in [0.15, 0.2) is 48.6 Å². The first-order valence-corrected chi connectivity index (χ1v) is 32.9. The molecule has 10 heteroatoms. The summed E-state index contributed by atoms with van der Waals surface area (Å²) in [6.07, 6.45) is 66.4. The number of ether oxygens (including phenoxy) is 1. The molecule has 434 valence electrons. The van der Waals surface area contributed by atoms with Gasteiger partial charge in [0.05, 0.1) is 33.8 Å². The fourth-order valence-electron chi connectivity index (χ4n) is 9.12. The molecule has 0 aromatic rings. The first-order valence-electron chi connectivity index (χ1n) is 31.4. The van der Waals surface area contributed by atoms with Gasteiger partial charge in [0, 0.05) is 12.8 Å². The number of likely N-dealkylation sites (N-methyl/N-ethyl adjacent to an activating group) is 1. The normalized spacial score (nSPS) is 14.0. The molecule has 0 rings (SSSR count). The Kier molecular flexibility index (Phi) is 52.8. The number of hydrogen-bond acceptors (Lipinski definition) is 7. The van der Waals surface area contributed by atoms with E-state index in [0.29, 0.717) is 17.4 Å². The lowest BCUT2D eigenvalue weighted by atomic mass is 10.0. The standard InChI is InChI=1S/C64H121N2O7P/c1-7-10-13-16-19-22-25-28-30-31-32-33-34-35-37-39-42-45-48-51-54-57-64(68)73-62(55-52-49-46-43-40-27-24-21-18-15-12-9-3)61(60-72-74(69,70)71-59-58-66(4,5)6)65-63(67)56-53-50-47-44-41-38-36-29-26-23-20-17-14-11-8-2/h19,22,28,30,32-33,52,55,61-62H,7-18,20-21,23-27,29,31,34-51,53-54,56-60H2,1-6H3,(H-,65,67,69,70)/b22-19-,30-28-,33-32-,55-52+. The van der Waals surface area contributed by atoms with Gasteiger partial charge in [0.2, 0.25) is 5.91 Å². The molecule has 0 aliphatic heterocycles. The van der Waals surface area contributed by atoms with Crippen LogP contribution in [0.3, 0.4) is 0 Å². The van der Waals surface area contributed by atoms with Gasteiger partial charge < -0.3 is 28.5 Å². The fourth-order valence-corrected chi connectivity index (χ4v) is 9.84. The second-order valence-electron chi connectivity index (χ2n) is 22.6. The van der Waals surface area contributed by atoms with Crippen LogP contribution in [0.1, 0.15) is 297 Å². The largest absolute Gasteiger partial charge is 0.756 e. The molecular weight excluding hydrogens is 940 g/mol. The highest BCUT2D eigenvalue weighted by Crippen LogP contribution is 2.38. The second-order valence-corrected chi connectivity index (χ2v) is 24.0. The predicted molar refractivity (Wildman–Crippen MR) is 316 cm³/mol. The van der Waals surface area contributed by atoms with Crippen molar-refractivity contribution in [3.63, 3.8) is 0 Å². The molecule has 0 aromatic carbocycles. The zero-order chi connectivity index (χ0) is 54.3. The van der Waals surface area contributed by atoms with Gasteiger partial charge in [0.25, 0.3) is 7.82 Å². The summed E-state index contributed by atoms with van der Waals surface area (Å²) in [4.78, 5) is 40.0. The van der Waals surface area contributed by atoms with Crippen LogP contribution in [0, 0.1) is 0 Å². The van der Waals surface area contributed by atoms with E-state index in [1.807, 2.05) is 33.3 Å². The van der Waals surface area contributed by atoms with E-state index in [1.165, 1.54) is 180 Å². The Morgan fingerprint density at radius 3 is 1.26 bits per heavy atom. The van der Waals surface area contributed by atoms with E-state index < -0.39 is 20.0 Å². The highest BCUT2D eigenvalue weighted by atomic mass is 31.2. The Labute approximate surface area is 458 Å². The molecule has 0 spiro atoms. The third-order valence-corrected chi connectivity index (χ3v) is 15.0. The minimum absolute atomic E-state index is 0.0223. The first-order chi connectivity index (χ1) is 35.9. The number of rotatable bonds is 57. The minimum atomic E-state index is -4.70. The number of phosphoric acid groups is 1. The number of phosphoric ester groups is 1. The zero-order valence-corrected chi connectivity index (χ0v) is 50.4. The van der Waals surface area contributed by atoms with Crippen molar-refractivity contribution < 1.29 is 37.3 Å². The number of quaternary nitrogens is 1. The van der Waals surface area contributed by atoms with Crippen molar-refractivity contribution in [3.8, 4) is 0 Å². The topological polar surface area (TPSA) is 114 Å². The van der Waals surface area contributed by atoms with E-state index in [0.717, 1.165) is 83.5 Å². The molecular formula is C64H121N2O7P. The summed E-state index contributed by atoms with van der Waals surface area (Å²) in [5.41, 5.74) is 0. The number of amides is 1. The van der Waals surface area contributed by atoms with E-state index in [1.54, 1.807) is 0 Å². The van der Waals surface area contributed by atoms with Crippen LogP contribution < -0.4 is 10.2 Å². The van der Waals surface area contributed by atoms with Gasteiger partial charge in [-0.25, -0.2) is 0 Å². The van der Waals surface area contributed by atoms with Crippen molar-refractivity contribution in [2.24, 2.45) is 0 Å². The Hall–Kier alpha value is -2.03. The van der Waals surface area contributed by atoms with Crippen LogP contribution in [0.25, 0.3) is 0 Å². The average molecular weight is 1060 g/mol. The lowest BCUT2D eigenvalue weighted by Crippen LogP contribution is -2.47. The third-order valence-electron chi connectivity index (χ3n) is 14.0. The Balaban J connectivity index is 5.22. The summed E-state index contributed by atoms with van der Waals surface area (Å²) in [6.45, 7) is 6.84. The smallest absolute Gasteiger partial charge is 0.306 e. The summed E-state index contributed by atoms with van der Waals surface area (Å²) in [5, 5.41) is 3.03. The highest BCUT2D eigenvalue weighted by molar-refractivity contribution is 7.45. The number of hydrogen-bond donors (Lipinski definition) is 1. The molecule has 0 bridgehead atoms. The Morgan fingerprint density at radius 1 is 0.473 bits per heavy atom. The predicted octanol–water partition coefficient (Wildman–Crippen LogP) is 18.6. The maximum absolute atomic E-state index is 13.5. The van der Waals surface area contributed by atoms with Crippen LogP contribution in [0.4, 0.5) is 0 Å². The molecule has 0 saturated carbocycles. The van der Waals surface area contributed by atoms with Gasteiger partial charge in [0.15, 0.2) is 0 Å². The molecule has 9 nitrogen and oxygen atoms in total. The van der Waals surface area contributed by atoms with Crippen LogP contribution in [-0.4, -0.2) is 69.4 Å². The second kappa shape index (κ2) is 54.3. The SMILES string of the molecule is CCCCC/C=C\C/C=C\C/C=C\CCCCCCCCCCC(=O)OC(/C=C/CCCCCCCCCCCC)C(COP(=O)([O-])OCC[N+](C)(C)C)NC(=O)CCCCCCCCCCCCCCCCC. The molecule has 0 aromatic heterocycles. The number of carbonyl (C=O) groups excluding carboxylic acids is 2. The van der Waals surface area contributed by atoms with Crippen molar-refractivity contribution in [1.82, 2.24) is 5.32 Å². The van der Waals surface area contributed by atoms with Gasteiger partial charge in [-0.15, -0.1) is 0 Å². The highest BCUT2D eigenvalue weighted by Gasteiger charge is 2.27. The number of nitrogens with one attached hydrogen (secondary N) is 1. The van der Waals surface area contributed by atoms with Gasteiger partial charge >= 0.3 is 5.97 Å². The van der Waals surface area contributed by atoms with E-state index in [-0.39, 0.29) is 31.5 Å². The van der Waals surface area contributed by atoms with E-state index in [9.17, 15) is 19.0 Å². The van der Waals surface area contributed by atoms with Crippen molar-refractivity contribution in [3.05, 3.63) is 48.6 Å². The summed E-state index contributed by atoms with van der Waals surface area (Å²) >= 11 is 0. The lowest BCUT2D eigenvalue weighted by Gasteiger charge is -2.30. The lowest BCUT2D eigenvalue weighted by molar-refractivity contribution is -0.870. The van der Waals surface area contributed by atoms with Gasteiger partial charge in [-0.05, 0) is 70.3 Å². The van der Waals surface area contributed by atoms with Crippen LogP contribution in [-0.2, 0) is 27.9 Å². The molecule has 1 N–H and O–H groups in total. The van der Waals surface area contributed by atoms with Crippen LogP contribution in [0.5, 0.6) is 0 Å². The Bertz CT molecular complexity index is 1410. The van der Waals surface area contributed by atoms with Gasteiger partial charge in [-0.3, -0.25) is 14.2 Å². The summed E-state index contributed by atoms with van der Waals surface area (Å²) in [5.74, 6) is -0.539. The van der Waals surface area contributed by atoms with Gasteiger partial charge in [0.1, 0.15) is 19.3 Å². The van der Waals surface area contributed by atoms with Crippen molar-refractivity contribution >= 4 is 19.7 Å². The van der Waals surface area contributed by atoms with Crippen molar-refractivity contribution in [2.75, 3.05) is 40.9 Å². The first kappa shape index (κ1) is 72.0. The fraction of sp³-hybridized carbons (Fsp3) is 0.844. The van der Waals surface area contributed by atoms with Crippen LogP contribution >= 0.6 is 7.82 Å². The maximum atomic E-state index is 13.5. The molecule has 74 heavy (non-hydrogen) atoms.